The van der Waals surface area contributed by atoms with Crippen molar-refractivity contribution in [3.8, 4) is 0 Å². The Morgan fingerprint density at radius 1 is 1.46 bits per heavy atom. The molecule has 0 saturated heterocycles. The summed E-state index contributed by atoms with van der Waals surface area (Å²) in [6.07, 6.45) is 2.74. The highest BCUT2D eigenvalue weighted by molar-refractivity contribution is 5.93. The molecule has 0 unspecified atom stereocenters. The van der Waals surface area contributed by atoms with Gasteiger partial charge in [0.1, 0.15) is 0 Å². The number of hydrogen-bond acceptors (Lipinski definition) is 3. The average molecular weight is 184 g/mol. The number of carbonyl (C=O) groups is 2. The minimum Gasteiger partial charge on any atom is -0.481 e. The summed E-state index contributed by atoms with van der Waals surface area (Å²) < 4.78 is 0. The molecule has 13 heavy (non-hydrogen) atoms. The van der Waals surface area contributed by atoms with Crippen LogP contribution in [0, 0.1) is 5.92 Å². The first-order valence-corrected chi connectivity index (χ1v) is 3.54. The first-order valence-electron chi connectivity index (χ1n) is 3.54. The van der Waals surface area contributed by atoms with Gasteiger partial charge in [-0.1, -0.05) is 0 Å². The second-order valence-corrected chi connectivity index (χ2v) is 2.49. The lowest BCUT2D eigenvalue weighted by atomic mass is 10.0. The van der Waals surface area contributed by atoms with Gasteiger partial charge in [-0.2, -0.15) is 0 Å². The zero-order valence-corrected chi connectivity index (χ0v) is 6.60. The highest BCUT2D eigenvalue weighted by Crippen LogP contribution is 2.06. The van der Waals surface area contributed by atoms with Crippen molar-refractivity contribution >= 4 is 11.9 Å². The molecule has 0 radical (unpaired) electrons. The summed E-state index contributed by atoms with van der Waals surface area (Å²) in [7, 11) is 0. The fraction of sp³-hybridized carbons (Fsp3) is 0.286. The standard InChI is InChI=1S/C7H8N2O4/c10-6(11)5(7(12)13)1-4-2-8-3-9-4/h2-3,5H,1H2,(H,8,9)(H,10,11)(H,12,13). The predicted molar refractivity (Wildman–Crippen MR) is 41.1 cm³/mol. The summed E-state index contributed by atoms with van der Waals surface area (Å²) in [5.41, 5.74) is 0.426. The van der Waals surface area contributed by atoms with Crippen molar-refractivity contribution in [3.63, 3.8) is 0 Å². The van der Waals surface area contributed by atoms with E-state index in [2.05, 4.69) is 9.97 Å². The summed E-state index contributed by atoms with van der Waals surface area (Å²) in [5, 5.41) is 17.0. The molecule has 1 aromatic heterocycles. The Morgan fingerprint density at radius 2 is 2.08 bits per heavy atom. The van der Waals surface area contributed by atoms with E-state index in [-0.39, 0.29) is 6.42 Å². The maximum absolute atomic E-state index is 10.4. The second-order valence-electron chi connectivity index (χ2n) is 2.49. The second kappa shape index (κ2) is 3.70. The minimum absolute atomic E-state index is 0.103. The quantitative estimate of drug-likeness (QED) is 0.559. The number of aliphatic carboxylic acids is 2. The van der Waals surface area contributed by atoms with Crippen LogP contribution < -0.4 is 0 Å². The molecule has 0 bridgehead atoms. The van der Waals surface area contributed by atoms with Gasteiger partial charge < -0.3 is 15.2 Å². The topological polar surface area (TPSA) is 103 Å². The lowest BCUT2D eigenvalue weighted by Gasteiger charge is -2.03. The maximum Gasteiger partial charge on any atom is 0.318 e. The first-order chi connectivity index (χ1) is 6.11. The highest BCUT2D eigenvalue weighted by atomic mass is 16.4. The van der Waals surface area contributed by atoms with Gasteiger partial charge in [0.25, 0.3) is 0 Å². The van der Waals surface area contributed by atoms with Crippen LogP contribution in [0.25, 0.3) is 0 Å². The fourth-order valence-corrected chi connectivity index (χ4v) is 0.892. The summed E-state index contributed by atoms with van der Waals surface area (Å²) in [5.74, 6) is -4.13. The Hall–Kier alpha value is -1.85. The van der Waals surface area contributed by atoms with Crippen LogP contribution in [-0.2, 0) is 16.0 Å². The zero-order chi connectivity index (χ0) is 9.84. The van der Waals surface area contributed by atoms with E-state index in [9.17, 15) is 9.59 Å². The van der Waals surface area contributed by atoms with Gasteiger partial charge in [-0.05, 0) is 0 Å². The molecule has 0 aliphatic rings. The normalized spacial score (nSPS) is 10.2. The monoisotopic (exact) mass is 184 g/mol. The van der Waals surface area contributed by atoms with Crippen LogP contribution in [0.3, 0.4) is 0 Å². The summed E-state index contributed by atoms with van der Waals surface area (Å²) in [6.45, 7) is 0. The van der Waals surface area contributed by atoms with Crippen LogP contribution in [0.1, 0.15) is 5.69 Å². The number of nitrogens with zero attached hydrogens (tertiary/aromatic N) is 1. The number of aromatic amines is 1. The molecular weight excluding hydrogens is 176 g/mol. The van der Waals surface area contributed by atoms with Crippen molar-refractivity contribution in [1.29, 1.82) is 0 Å². The summed E-state index contributed by atoms with van der Waals surface area (Å²) in [4.78, 5) is 27.3. The van der Waals surface area contributed by atoms with E-state index in [1.54, 1.807) is 0 Å². The van der Waals surface area contributed by atoms with Gasteiger partial charge in [-0.3, -0.25) is 9.59 Å². The van der Waals surface area contributed by atoms with Crippen molar-refractivity contribution in [2.45, 2.75) is 6.42 Å². The van der Waals surface area contributed by atoms with Crippen LogP contribution in [0.4, 0.5) is 0 Å². The molecule has 1 heterocycles. The largest absolute Gasteiger partial charge is 0.481 e. The lowest BCUT2D eigenvalue weighted by molar-refractivity contribution is -0.154. The van der Waals surface area contributed by atoms with Gasteiger partial charge in [-0.15, -0.1) is 0 Å². The van der Waals surface area contributed by atoms with Crippen LogP contribution in [-0.4, -0.2) is 32.1 Å². The number of hydrogen-bond donors (Lipinski definition) is 3. The van der Waals surface area contributed by atoms with E-state index in [1.807, 2.05) is 0 Å². The van der Waals surface area contributed by atoms with Crippen LogP contribution in [0.2, 0.25) is 0 Å². The Kier molecular flexibility index (Phi) is 2.63. The molecule has 6 heteroatoms. The number of carboxylic acids is 2. The molecule has 0 aliphatic heterocycles. The zero-order valence-electron chi connectivity index (χ0n) is 6.60. The molecule has 0 amide bonds. The number of carboxylic acid groups (broad SMARTS) is 2. The molecule has 0 aromatic carbocycles. The predicted octanol–water partition coefficient (Wildman–Crippen LogP) is -0.262. The van der Waals surface area contributed by atoms with Crippen molar-refractivity contribution in [1.82, 2.24) is 9.97 Å². The Morgan fingerprint density at radius 3 is 2.46 bits per heavy atom. The van der Waals surface area contributed by atoms with E-state index >= 15 is 0 Å². The van der Waals surface area contributed by atoms with Gasteiger partial charge >= 0.3 is 11.9 Å². The van der Waals surface area contributed by atoms with Crippen LogP contribution >= 0.6 is 0 Å². The molecular formula is C7H8N2O4. The highest BCUT2D eigenvalue weighted by Gasteiger charge is 2.26. The number of imidazole rings is 1. The van der Waals surface area contributed by atoms with Gasteiger partial charge in [0.2, 0.25) is 0 Å². The first kappa shape index (κ1) is 9.24. The Balaban J connectivity index is 2.69. The average Bonchev–Trinajstić information content (AvgIpc) is 2.50. The third-order valence-electron chi connectivity index (χ3n) is 1.56. The van der Waals surface area contributed by atoms with Crippen molar-refractivity contribution < 1.29 is 19.8 Å². The SMILES string of the molecule is O=C(O)C(Cc1c[nH]cn1)C(=O)O. The number of nitrogens with one attached hydrogen (secondary N) is 1. The summed E-state index contributed by atoms with van der Waals surface area (Å²) in [6, 6.07) is 0. The fourth-order valence-electron chi connectivity index (χ4n) is 0.892. The third kappa shape index (κ3) is 2.29. The smallest absolute Gasteiger partial charge is 0.318 e. The van der Waals surface area contributed by atoms with Gasteiger partial charge in [0.15, 0.2) is 5.92 Å². The van der Waals surface area contributed by atoms with E-state index in [1.165, 1.54) is 12.5 Å². The van der Waals surface area contributed by atoms with Gasteiger partial charge in [0.05, 0.1) is 12.0 Å². The van der Waals surface area contributed by atoms with Gasteiger partial charge in [-0.25, -0.2) is 4.98 Å². The van der Waals surface area contributed by atoms with Crippen molar-refractivity contribution in [2.24, 2.45) is 5.92 Å². The van der Waals surface area contributed by atoms with Crippen molar-refractivity contribution in [3.05, 3.63) is 18.2 Å². The molecule has 0 saturated carbocycles. The minimum atomic E-state index is -1.43. The lowest BCUT2D eigenvalue weighted by Crippen LogP contribution is -2.25. The Labute approximate surface area is 73.2 Å². The molecule has 1 rings (SSSR count). The van der Waals surface area contributed by atoms with E-state index in [0.717, 1.165) is 0 Å². The van der Waals surface area contributed by atoms with Crippen LogP contribution in [0.5, 0.6) is 0 Å². The number of aromatic nitrogens is 2. The molecule has 0 spiro atoms. The van der Waals surface area contributed by atoms with E-state index in [0.29, 0.717) is 5.69 Å². The molecule has 0 aliphatic carbocycles. The number of rotatable bonds is 4. The van der Waals surface area contributed by atoms with Crippen molar-refractivity contribution in [2.75, 3.05) is 0 Å². The number of H-pyrrole nitrogens is 1. The summed E-state index contributed by atoms with van der Waals surface area (Å²) >= 11 is 0. The molecule has 70 valence electrons. The van der Waals surface area contributed by atoms with E-state index in [4.69, 9.17) is 10.2 Å². The Bertz CT molecular complexity index is 292. The van der Waals surface area contributed by atoms with Gasteiger partial charge in [0, 0.05) is 12.6 Å². The maximum atomic E-state index is 10.4. The molecule has 0 atom stereocenters. The third-order valence-corrected chi connectivity index (χ3v) is 1.56. The molecule has 1 aromatic rings. The molecule has 3 N–H and O–H groups in total. The van der Waals surface area contributed by atoms with E-state index < -0.39 is 17.9 Å². The molecule has 0 fully saturated rings. The molecule has 6 nitrogen and oxygen atoms in total. The van der Waals surface area contributed by atoms with Crippen LogP contribution in [0.15, 0.2) is 12.5 Å².